The highest BCUT2D eigenvalue weighted by atomic mass is 16.2. The summed E-state index contributed by atoms with van der Waals surface area (Å²) in [6.45, 7) is 7.38. The molecule has 102 valence electrons. The second-order valence-corrected chi connectivity index (χ2v) is 5.18. The number of Topliss-reactive ketones (excluding diaryl/α,β-unsaturated/α-hetero) is 1. The molecule has 1 aromatic carbocycles. The standard InChI is InChI=1S/C15H20N2O2/c1-5-8-17(10(2)3)11-6-7-12-13(9-11)16(4)15(19)14(12)18/h6-7,9-10H,5,8H2,1-4H3. The first-order valence-corrected chi connectivity index (χ1v) is 6.70. The van der Waals surface area contributed by atoms with Crippen molar-refractivity contribution < 1.29 is 9.59 Å². The minimum Gasteiger partial charge on any atom is -0.369 e. The number of amides is 1. The Morgan fingerprint density at radius 1 is 1.26 bits per heavy atom. The number of ketones is 1. The van der Waals surface area contributed by atoms with Crippen LogP contribution in [0.2, 0.25) is 0 Å². The maximum atomic E-state index is 11.7. The van der Waals surface area contributed by atoms with Gasteiger partial charge in [-0.1, -0.05) is 6.92 Å². The molecule has 0 saturated carbocycles. The van der Waals surface area contributed by atoms with Crippen LogP contribution in [0.5, 0.6) is 0 Å². The number of anilines is 2. The van der Waals surface area contributed by atoms with Crippen LogP contribution >= 0.6 is 0 Å². The topological polar surface area (TPSA) is 40.6 Å². The van der Waals surface area contributed by atoms with Gasteiger partial charge in [-0.3, -0.25) is 9.59 Å². The molecular formula is C15H20N2O2. The Hall–Kier alpha value is -1.84. The molecule has 0 fully saturated rings. The average Bonchev–Trinajstić information content (AvgIpc) is 2.60. The van der Waals surface area contributed by atoms with Gasteiger partial charge >= 0.3 is 0 Å². The molecule has 0 unspecified atom stereocenters. The molecule has 1 heterocycles. The highest BCUT2D eigenvalue weighted by Crippen LogP contribution is 2.32. The zero-order valence-corrected chi connectivity index (χ0v) is 11.9. The van der Waals surface area contributed by atoms with Crippen LogP contribution in [0.25, 0.3) is 0 Å². The Labute approximate surface area is 114 Å². The van der Waals surface area contributed by atoms with Gasteiger partial charge in [-0.25, -0.2) is 0 Å². The van der Waals surface area contributed by atoms with Crippen LogP contribution in [0.15, 0.2) is 18.2 Å². The third kappa shape index (κ3) is 2.23. The van der Waals surface area contributed by atoms with Gasteiger partial charge in [-0.15, -0.1) is 0 Å². The third-order valence-electron chi connectivity index (χ3n) is 3.51. The third-order valence-corrected chi connectivity index (χ3v) is 3.51. The lowest BCUT2D eigenvalue weighted by atomic mass is 10.1. The lowest BCUT2D eigenvalue weighted by Crippen LogP contribution is -2.31. The van der Waals surface area contributed by atoms with Gasteiger partial charge in [-0.05, 0) is 38.5 Å². The van der Waals surface area contributed by atoms with Gasteiger partial charge in [-0.2, -0.15) is 0 Å². The predicted molar refractivity (Wildman–Crippen MR) is 77.0 cm³/mol. The number of likely N-dealkylation sites (N-methyl/N-ethyl adjacent to an activating group) is 1. The maximum Gasteiger partial charge on any atom is 0.299 e. The zero-order valence-electron chi connectivity index (χ0n) is 11.9. The van der Waals surface area contributed by atoms with E-state index >= 15 is 0 Å². The van der Waals surface area contributed by atoms with E-state index in [1.807, 2.05) is 12.1 Å². The fourth-order valence-corrected chi connectivity index (χ4v) is 2.47. The van der Waals surface area contributed by atoms with Crippen molar-refractivity contribution in [1.82, 2.24) is 0 Å². The number of rotatable bonds is 4. The molecule has 0 N–H and O–H groups in total. The molecule has 1 aliphatic heterocycles. The Morgan fingerprint density at radius 3 is 2.53 bits per heavy atom. The monoisotopic (exact) mass is 260 g/mol. The summed E-state index contributed by atoms with van der Waals surface area (Å²) in [7, 11) is 1.65. The highest BCUT2D eigenvalue weighted by molar-refractivity contribution is 6.52. The SMILES string of the molecule is CCCN(c1ccc2c(c1)N(C)C(=O)C2=O)C(C)C. The van der Waals surface area contributed by atoms with Crippen LogP contribution in [-0.2, 0) is 4.79 Å². The second-order valence-electron chi connectivity index (χ2n) is 5.18. The summed E-state index contributed by atoms with van der Waals surface area (Å²) in [5, 5.41) is 0. The molecule has 0 saturated heterocycles. The molecule has 0 aliphatic carbocycles. The largest absolute Gasteiger partial charge is 0.369 e. The molecule has 2 rings (SSSR count). The van der Waals surface area contributed by atoms with E-state index in [0.717, 1.165) is 18.7 Å². The van der Waals surface area contributed by atoms with Crippen molar-refractivity contribution in [1.29, 1.82) is 0 Å². The van der Waals surface area contributed by atoms with E-state index in [4.69, 9.17) is 0 Å². The smallest absolute Gasteiger partial charge is 0.299 e. The van der Waals surface area contributed by atoms with Gasteiger partial charge in [0.2, 0.25) is 0 Å². The van der Waals surface area contributed by atoms with Crippen LogP contribution < -0.4 is 9.80 Å². The van der Waals surface area contributed by atoms with E-state index in [1.165, 1.54) is 4.90 Å². The van der Waals surface area contributed by atoms with Gasteiger partial charge in [0.1, 0.15) is 0 Å². The number of fused-ring (bicyclic) bond motifs is 1. The number of hydrogen-bond acceptors (Lipinski definition) is 3. The Balaban J connectivity index is 2.42. The van der Waals surface area contributed by atoms with E-state index in [1.54, 1.807) is 13.1 Å². The van der Waals surface area contributed by atoms with Gasteiger partial charge < -0.3 is 9.80 Å². The summed E-state index contributed by atoms with van der Waals surface area (Å²) >= 11 is 0. The van der Waals surface area contributed by atoms with Crippen LogP contribution in [0, 0.1) is 0 Å². The molecule has 1 amide bonds. The zero-order chi connectivity index (χ0) is 14.2. The van der Waals surface area contributed by atoms with E-state index < -0.39 is 11.7 Å². The van der Waals surface area contributed by atoms with Gasteiger partial charge in [0, 0.05) is 25.3 Å². The lowest BCUT2D eigenvalue weighted by Gasteiger charge is -2.29. The summed E-state index contributed by atoms with van der Waals surface area (Å²) in [6, 6.07) is 6.02. The molecular weight excluding hydrogens is 240 g/mol. The van der Waals surface area contributed by atoms with Crippen molar-refractivity contribution >= 4 is 23.1 Å². The van der Waals surface area contributed by atoms with E-state index in [2.05, 4.69) is 25.7 Å². The Kier molecular flexibility index (Phi) is 3.60. The molecule has 4 nitrogen and oxygen atoms in total. The molecule has 0 aromatic heterocycles. The van der Waals surface area contributed by atoms with Crippen LogP contribution in [0.1, 0.15) is 37.6 Å². The van der Waals surface area contributed by atoms with Gasteiger partial charge in [0.15, 0.2) is 0 Å². The molecule has 0 atom stereocenters. The van der Waals surface area contributed by atoms with Crippen molar-refractivity contribution in [2.45, 2.75) is 33.2 Å². The fraction of sp³-hybridized carbons (Fsp3) is 0.467. The molecule has 0 spiro atoms. The molecule has 4 heteroatoms. The average molecular weight is 260 g/mol. The number of carbonyl (C=O) groups is 2. The summed E-state index contributed by atoms with van der Waals surface area (Å²) in [5.74, 6) is -0.852. The van der Waals surface area contributed by atoms with Crippen molar-refractivity contribution in [3.63, 3.8) is 0 Å². The first-order valence-electron chi connectivity index (χ1n) is 6.70. The lowest BCUT2D eigenvalue weighted by molar-refractivity contribution is -0.114. The summed E-state index contributed by atoms with van der Waals surface area (Å²) in [4.78, 5) is 27.1. The van der Waals surface area contributed by atoms with Crippen LogP contribution in [0.3, 0.4) is 0 Å². The van der Waals surface area contributed by atoms with Crippen molar-refractivity contribution in [3.8, 4) is 0 Å². The van der Waals surface area contributed by atoms with Crippen molar-refractivity contribution in [2.24, 2.45) is 0 Å². The summed E-state index contributed by atoms with van der Waals surface area (Å²) in [6.07, 6.45) is 1.06. The quantitative estimate of drug-likeness (QED) is 0.781. The summed E-state index contributed by atoms with van der Waals surface area (Å²) in [5.41, 5.74) is 2.29. The number of carbonyl (C=O) groups excluding carboxylic acids is 2. The first kappa shape index (κ1) is 13.6. The van der Waals surface area contributed by atoms with Crippen molar-refractivity contribution in [3.05, 3.63) is 23.8 Å². The summed E-state index contributed by atoms with van der Waals surface area (Å²) < 4.78 is 0. The van der Waals surface area contributed by atoms with E-state index in [9.17, 15) is 9.59 Å². The van der Waals surface area contributed by atoms with E-state index in [-0.39, 0.29) is 0 Å². The number of hydrogen-bond donors (Lipinski definition) is 0. The van der Waals surface area contributed by atoms with Crippen LogP contribution in [0.4, 0.5) is 11.4 Å². The molecule has 1 aromatic rings. The highest BCUT2D eigenvalue weighted by Gasteiger charge is 2.33. The predicted octanol–water partition coefficient (Wildman–Crippen LogP) is 2.47. The Morgan fingerprint density at radius 2 is 1.95 bits per heavy atom. The van der Waals surface area contributed by atoms with Crippen LogP contribution in [-0.4, -0.2) is 31.3 Å². The van der Waals surface area contributed by atoms with Gasteiger partial charge in [0.25, 0.3) is 11.7 Å². The molecule has 1 aliphatic rings. The maximum absolute atomic E-state index is 11.7. The van der Waals surface area contributed by atoms with E-state index in [0.29, 0.717) is 17.3 Å². The Bertz CT molecular complexity index is 523. The molecule has 19 heavy (non-hydrogen) atoms. The number of benzene rings is 1. The molecule has 0 bridgehead atoms. The number of nitrogens with zero attached hydrogens (tertiary/aromatic N) is 2. The molecule has 0 radical (unpaired) electrons. The first-order chi connectivity index (χ1) is 8.97. The normalized spacial score (nSPS) is 14.3. The fourth-order valence-electron chi connectivity index (χ4n) is 2.47. The van der Waals surface area contributed by atoms with Gasteiger partial charge in [0.05, 0.1) is 11.3 Å². The minimum absolute atomic E-state index is 0.385. The second kappa shape index (κ2) is 5.03. The minimum atomic E-state index is -0.446. The van der Waals surface area contributed by atoms with Crippen molar-refractivity contribution in [2.75, 3.05) is 23.4 Å².